The van der Waals surface area contributed by atoms with Crippen molar-refractivity contribution in [2.45, 2.75) is 44.9 Å². The number of carbonyl (C=O) groups excluding carboxylic acids is 2. The smallest absolute Gasteiger partial charge is 0.342 e. The van der Waals surface area contributed by atoms with Gasteiger partial charge in [0.1, 0.15) is 5.75 Å². The average Bonchev–Trinajstić information content (AvgIpc) is 3.63. The van der Waals surface area contributed by atoms with Gasteiger partial charge in [-0.05, 0) is 61.7 Å². The maximum Gasteiger partial charge on any atom is 0.342 e. The molecule has 1 saturated carbocycles. The summed E-state index contributed by atoms with van der Waals surface area (Å²) < 4.78 is 12.1. The van der Waals surface area contributed by atoms with E-state index in [0.717, 1.165) is 37.8 Å². The third-order valence-corrected chi connectivity index (χ3v) is 6.39. The zero-order valence-corrected chi connectivity index (χ0v) is 19.5. The number of carbonyl (C=O) groups is 2. The number of rotatable bonds is 6. The minimum atomic E-state index is -0.323. The Balaban J connectivity index is 1.43. The van der Waals surface area contributed by atoms with Crippen molar-refractivity contribution >= 4 is 17.6 Å². The molecule has 0 unspecified atom stereocenters. The second-order valence-electron chi connectivity index (χ2n) is 8.83. The minimum absolute atomic E-state index is 0.0164. The molecule has 1 aliphatic carbocycles. The summed E-state index contributed by atoms with van der Waals surface area (Å²) in [5.74, 6) is 1.07. The number of phenols is 1. The first-order chi connectivity index (χ1) is 17.0. The number of amides is 2. The molecule has 9 nitrogen and oxygen atoms in total. The van der Waals surface area contributed by atoms with Crippen molar-refractivity contribution in [3.05, 3.63) is 53.7 Å². The molecule has 0 radical (unpaired) electrons. The highest BCUT2D eigenvalue weighted by Crippen LogP contribution is 2.38. The van der Waals surface area contributed by atoms with Crippen LogP contribution in [0.2, 0.25) is 0 Å². The van der Waals surface area contributed by atoms with E-state index in [2.05, 4.69) is 15.7 Å². The highest BCUT2D eigenvalue weighted by molar-refractivity contribution is 6.05. The lowest BCUT2D eigenvalue weighted by Gasteiger charge is -2.11. The number of benzene rings is 2. The summed E-state index contributed by atoms with van der Waals surface area (Å²) in [6, 6.07) is 11.4. The van der Waals surface area contributed by atoms with Crippen molar-refractivity contribution in [3.8, 4) is 28.5 Å². The van der Waals surface area contributed by atoms with Gasteiger partial charge in [-0.25, -0.2) is 4.79 Å². The Hall–Kier alpha value is -4.01. The van der Waals surface area contributed by atoms with Crippen molar-refractivity contribution in [1.82, 2.24) is 15.1 Å². The highest BCUT2D eigenvalue weighted by Gasteiger charge is 2.26. The number of hydrogen-bond donors (Lipinski definition) is 3. The van der Waals surface area contributed by atoms with Gasteiger partial charge >= 0.3 is 6.03 Å². The molecule has 9 heteroatoms. The molecule has 1 aliphatic heterocycles. The van der Waals surface area contributed by atoms with E-state index in [4.69, 9.17) is 9.47 Å². The van der Waals surface area contributed by atoms with E-state index in [1.165, 1.54) is 10.7 Å². The molecule has 0 atom stereocenters. The third-order valence-electron chi connectivity index (χ3n) is 6.39. The maximum absolute atomic E-state index is 12.8. The van der Waals surface area contributed by atoms with Gasteiger partial charge in [0.2, 0.25) is 6.79 Å². The lowest BCUT2D eigenvalue weighted by Crippen LogP contribution is -2.31. The van der Waals surface area contributed by atoms with Crippen LogP contribution < -0.4 is 20.1 Å². The van der Waals surface area contributed by atoms with Crippen LogP contribution in [0.15, 0.2) is 42.5 Å². The van der Waals surface area contributed by atoms with Gasteiger partial charge in [-0.15, -0.1) is 0 Å². The minimum Gasteiger partial charge on any atom is -0.507 e. The fourth-order valence-electron chi connectivity index (χ4n) is 4.57. The molecule has 2 heterocycles. The van der Waals surface area contributed by atoms with Crippen LogP contribution in [0.5, 0.6) is 17.2 Å². The highest BCUT2D eigenvalue weighted by atomic mass is 16.7. The van der Waals surface area contributed by atoms with Crippen LogP contribution in [-0.2, 0) is 0 Å². The summed E-state index contributed by atoms with van der Waals surface area (Å²) in [5, 5.41) is 20.9. The third kappa shape index (κ3) is 4.66. The summed E-state index contributed by atoms with van der Waals surface area (Å²) in [6.45, 7) is 2.69. The van der Waals surface area contributed by atoms with Gasteiger partial charge in [0.15, 0.2) is 11.5 Å². The van der Waals surface area contributed by atoms with Gasteiger partial charge in [-0.1, -0.05) is 19.8 Å². The van der Waals surface area contributed by atoms with Crippen molar-refractivity contribution in [2.75, 3.05) is 18.7 Å². The van der Waals surface area contributed by atoms with Gasteiger partial charge in [-0.2, -0.15) is 9.78 Å². The average molecular weight is 477 g/mol. The number of nitrogens with zero attached hydrogens (tertiary/aromatic N) is 2. The molecule has 3 N–H and O–H groups in total. The largest absolute Gasteiger partial charge is 0.507 e. The number of nitrogens with one attached hydrogen (secondary N) is 2. The second kappa shape index (κ2) is 9.69. The molecule has 1 aromatic heterocycles. The first-order valence-corrected chi connectivity index (χ1v) is 12.0. The number of hydrogen-bond acceptors (Lipinski definition) is 6. The predicted octanol–water partition coefficient (Wildman–Crippen LogP) is 4.86. The van der Waals surface area contributed by atoms with Gasteiger partial charge in [-0.3, -0.25) is 4.79 Å². The van der Waals surface area contributed by atoms with Gasteiger partial charge in [0.25, 0.3) is 5.91 Å². The quantitative estimate of drug-likeness (QED) is 0.438. The summed E-state index contributed by atoms with van der Waals surface area (Å²) in [5.41, 5.74) is 2.68. The van der Waals surface area contributed by atoms with E-state index < -0.39 is 0 Å². The maximum atomic E-state index is 12.8. The molecular weight excluding hydrogens is 448 g/mol. The fraction of sp³-hybridized carbons (Fsp3) is 0.346. The SMILES string of the molecule is CCCNC(=O)n1nc(-c2cc(NC(=O)c3ccc4c(c3)OCO4)ccc2O)cc1C1CCCC1. The number of anilines is 1. The lowest BCUT2D eigenvalue weighted by atomic mass is 10.0. The number of fused-ring (bicyclic) bond motifs is 1. The molecule has 2 aromatic carbocycles. The number of ether oxygens (including phenoxy) is 2. The molecule has 3 aromatic rings. The van der Waals surface area contributed by atoms with E-state index >= 15 is 0 Å². The standard InChI is InChI=1S/C26H28N4O5/c1-2-11-27-26(33)30-21(16-5-3-4-6-16)14-20(29-30)19-13-18(8-9-22(19)31)28-25(32)17-7-10-23-24(12-17)35-15-34-23/h7-10,12-14,16,31H,2-6,11,15H2,1H3,(H,27,33)(H,28,32). The summed E-state index contributed by atoms with van der Waals surface area (Å²) >= 11 is 0. The Morgan fingerprint density at radius 3 is 2.69 bits per heavy atom. The molecule has 0 bridgehead atoms. The first kappa shape index (κ1) is 22.8. The first-order valence-electron chi connectivity index (χ1n) is 12.0. The molecule has 2 amide bonds. The zero-order chi connectivity index (χ0) is 24.4. The Morgan fingerprint density at radius 1 is 1.09 bits per heavy atom. The lowest BCUT2D eigenvalue weighted by molar-refractivity contribution is 0.102. The monoisotopic (exact) mass is 476 g/mol. The van der Waals surface area contributed by atoms with E-state index in [1.54, 1.807) is 30.3 Å². The van der Waals surface area contributed by atoms with Gasteiger partial charge in [0.05, 0.1) is 11.4 Å². The van der Waals surface area contributed by atoms with Gasteiger partial charge < -0.3 is 25.2 Å². The second-order valence-corrected chi connectivity index (χ2v) is 8.83. The summed E-state index contributed by atoms with van der Waals surface area (Å²) in [7, 11) is 0. The van der Waals surface area contributed by atoms with Crippen LogP contribution in [0.25, 0.3) is 11.3 Å². The number of aromatic nitrogens is 2. The normalized spacial score (nSPS) is 14.8. The zero-order valence-electron chi connectivity index (χ0n) is 19.5. The van der Waals surface area contributed by atoms with E-state index in [0.29, 0.717) is 40.6 Å². The summed E-state index contributed by atoms with van der Waals surface area (Å²) in [4.78, 5) is 25.6. The molecule has 5 rings (SSSR count). The van der Waals surface area contributed by atoms with Crippen molar-refractivity contribution in [3.63, 3.8) is 0 Å². The molecule has 0 spiro atoms. The van der Waals surface area contributed by atoms with Gasteiger partial charge in [0, 0.05) is 29.3 Å². The Bertz CT molecular complexity index is 1260. The molecule has 2 aliphatic rings. The molecule has 0 saturated heterocycles. The van der Waals surface area contributed by atoms with Crippen molar-refractivity contribution in [2.24, 2.45) is 0 Å². The Kier molecular flexibility index (Phi) is 6.31. The molecule has 35 heavy (non-hydrogen) atoms. The molecular formula is C26H28N4O5. The fourth-order valence-corrected chi connectivity index (χ4v) is 4.57. The van der Waals surface area contributed by atoms with Crippen LogP contribution in [-0.4, -0.2) is 40.2 Å². The van der Waals surface area contributed by atoms with Crippen LogP contribution in [0.4, 0.5) is 10.5 Å². The van der Waals surface area contributed by atoms with E-state index in [-0.39, 0.29) is 30.4 Å². The van der Waals surface area contributed by atoms with Crippen LogP contribution in [0, 0.1) is 0 Å². The molecule has 182 valence electrons. The number of aromatic hydroxyl groups is 1. The number of phenolic OH excluding ortho intramolecular Hbond substituents is 1. The summed E-state index contributed by atoms with van der Waals surface area (Å²) in [6.07, 6.45) is 5.07. The van der Waals surface area contributed by atoms with Crippen molar-refractivity contribution in [1.29, 1.82) is 0 Å². The van der Waals surface area contributed by atoms with Crippen LogP contribution in [0.3, 0.4) is 0 Å². The Morgan fingerprint density at radius 2 is 1.89 bits per heavy atom. The molecule has 1 fully saturated rings. The topological polar surface area (TPSA) is 115 Å². The van der Waals surface area contributed by atoms with E-state index in [9.17, 15) is 14.7 Å². The van der Waals surface area contributed by atoms with Crippen LogP contribution >= 0.6 is 0 Å². The predicted molar refractivity (Wildman–Crippen MR) is 130 cm³/mol. The van der Waals surface area contributed by atoms with Crippen LogP contribution in [0.1, 0.15) is 61.0 Å². The van der Waals surface area contributed by atoms with Crippen molar-refractivity contribution < 1.29 is 24.2 Å². The van der Waals surface area contributed by atoms with E-state index in [1.807, 2.05) is 13.0 Å². The Labute approximate surface area is 203 Å².